The molecule has 22 heavy (non-hydrogen) atoms. The Hall–Kier alpha value is -2.01. The van der Waals surface area contributed by atoms with Gasteiger partial charge in [-0.2, -0.15) is 5.10 Å². The third kappa shape index (κ3) is 2.81. The number of rotatable bonds is 5. The number of hydrogen-bond donors (Lipinski definition) is 5. The third-order valence-corrected chi connectivity index (χ3v) is 3.42. The summed E-state index contributed by atoms with van der Waals surface area (Å²) in [5, 5.41) is 35.2. The van der Waals surface area contributed by atoms with Crippen molar-refractivity contribution in [2.75, 3.05) is 13.7 Å². The molecule has 1 aliphatic heterocycles. The number of aromatic nitrogens is 2. The molecule has 0 spiro atoms. The van der Waals surface area contributed by atoms with Crippen molar-refractivity contribution in [2.24, 2.45) is 5.73 Å². The highest BCUT2D eigenvalue weighted by atomic mass is 16.6. The molecule has 10 heteroatoms. The molecule has 122 valence electrons. The number of nitrogens with one attached hydrogen (secondary N) is 1. The Labute approximate surface area is 124 Å². The second-order valence-corrected chi connectivity index (χ2v) is 4.86. The van der Waals surface area contributed by atoms with Crippen LogP contribution in [0.5, 0.6) is 0 Å². The first-order valence-electron chi connectivity index (χ1n) is 6.46. The lowest BCUT2D eigenvalue weighted by Crippen LogP contribution is -2.32. The highest BCUT2D eigenvalue weighted by molar-refractivity contribution is 5.93. The van der Waals surface area contributed by atoms with E-state index in [1.807, 2.05) is 0 Å². The maximum absolute atomic E-state index is 11.9. The van der Waals surface area contributed by atoms with Crippen molar-refractivity contribution in [3.8, 4) is 0 Å². The number of amides is 1. The first-order chi connectivity index (χ1) is 10.4. The number of aliphatic hydroxyl groups excluding tert-OH is 3. The summed E-state index contributed by atoms with van der Waals surface area (Å²) in [5.74, 6) is -1.49. The maximum Gasteiger partial charge on any atom is 0.341 e. The predicted molar refractivity (Wildman–Crippen MR) is 69.5 cm³/mol. The minimum absolute atomic E-state index is 0.0226. The molecule has 1 aliphatic rings. The molecule has 4 atom stereocenters. The fourth-order valence-corrected chi connectivity index (χ4v) is 2.36. The molecule has 1 amide bonds. The van der Waals surface area contributed by atoms with E-state index < -0.39 is 42.9 Å². The Bertz CT molecular complexity index is 573. The molecule has 10 nitrogen and oxygen atoms in total. The van der Waals surface area contributed by atoms with Crippen molar-refractivity contribution < 1.29 is 34.4 Å². The van der Waals surface area contributed by atoms with Crippen LogP contribution in [-0.2, 0) is 20.7 Å². The normalized spacial score (nSPS) is 27.8. The second kappa shape index (κ2) is 6.40. The summed E-state index contributed by atoms with van der Waals surface area (Å²) in [4.78, 5) is 23.0. The van der Waals surface area contributed by atoms with E-state index in [9.17, 15) is 19.8 Å². The molecule has 2 rings (SSSR count). The fourth-order valence-electron chi connectivity index (χ4n) is 2.36. The Morgan fingerprint density at radius 2 is 2.09 bits per heavy atom. The van der Waals surface area contributed by atoms with Crippen LogP contribution < -0.4 is 5.73 Å². The minimum atomic E-state index is -1.40. The molecule has 0 aliphatic carbocycles. The van der Waals surface area contributed by atoms with Gasteiger partial charge in [-0.05, 0) is 0 Å². The van der Waals surface area contributed by atoms with Gasteiger partial charge in [0.1, 0.15) is 35.7 Å². The monoisotopic (exact) mass is 315 g/mol. The van der Waals surface area contributed by atoms with Crippen LogP contribution in [0.3, 0.4) is 0 Å². The number of nitrogens with zero attached hydrogens (tertiary/aromatic N) is 1. The quantitative estimate of drug-likeness (QED) is 0.368. The van der Waals surface area contributed by atoms with E-state index in [1.54, 1.807) is 0 Å². The van der Waals surface area contributed by atoms with Gasteiger partial charge in [0.2, 0.25) is 5.91 Å². The molecule has 0 unspecified atom stereocenters. The Morgan fingerprint density at radius 1 is 1.41 bits per heavy atom. The van der Waals surface area contributed by atoms with Gasteiger partial charge < -0.3 is 30.5 Å². The van der Waals surface area contributed by atoms with Gasteiger partial charge in [0.15, 0.2) is 0 Å². The molecule has 1 saturated heterocycles. The SMILES string of the molecule is COC(=O)c1c([C@@H]2O[C@H](CO)[C@@H](O)[C@H]2O)n[nH]c1CC(N)=O. The lowest BCUT2D eigenvalue weighted by atomic mass is 10.0. The third-order valence-electron chi connectivity index (χ3n) is 3.42. The summed E-state index contributed by atoms with van der Waals surface area (Å²) in [6, 6.07) is 0. The largest absolute Gasteiger partial charge is 0.465 e. The average molecular weight is 315 g/mol. The van der Waals surface area contributed by atoms with E-state index >= 15 is 0 Å². The van der Waals surface area contributed by atoms with Crippen molar-refractivity contribution in [1.29, 1.82) is 0 Å². The number of ether oxygens (including phenoxy) is 2. The lowest BCUT2D eigenvalue weighted by Gasteiger charge is -2.13. The Balaban J connectivity index is 2.41. The van der Waals surface area contributed by atoms with Gasteiger partial charge in [0, 0.05) is 0 Å². The zero-order chi connectivity index (χ0) is 16.4. The number of hydrogen-bond acceptors (Lipinski definition) is 8. The van der Waals surface area contributed by atoms with Crippen molar-refractivity contribution in [3.05, 3.63) is 17.0 Å². The summed E-state index contributed by atoms with van der Waals surface area (Å²) < 4.78 is 9.95. The van der Waals surface area contributed by atoms with Gasteiger partial charge in [-0.3, -0.25) is 9.89 Å². The number of esters is 1. The van der Waals surface area contributed by atoms with E-state index in [0.717, 1.165) is 7.11 Å². The molecule has 1 aromatic rings. The van der Waals surface area contributed by atoms with Crippen molar-refractivity contribution in [1.82, 2.24) is 10.2 Å². The maximum atomic E-state index is 11.9. The number of carbonyl (C=O) groups is 2. The summed E-state index contributed by atoms with van der Waals surface area (Å²) in [7, 11) is 1.14. The van der Waals surface area contributed by atoms with Gasteiger partial charge in [-0.1, -0.05) is 0 Å². The summed E-state index contributed by atoms with van der Waals surface area (Å²) in [6.45, 7) is -0.513. The van der Waals surface area contributed by atoms with Crippen LogP contribution in [0.15, 0.2) is 0 Å². The van der Waals surface area contributed by atoms with Gasteiger partial charge in [0.05, 0.1) is 25.8 Å². The molecule has 1 aromatic heterocycles. The Morgan fingerprint density at radius 3 is 2.59 bits per heavy atom. The van der Waals surface area contributed by atoms with Crippen LogP contribution in [0.2, 0.25) is 0 Å². The van der Waals surface area contributed by atoms with Gasteiger partial charge in [-0.15, -0.1) is 0 Å². The van der Waals surface area contributed by atoms with Crippen LogP contribution in [0.4, 0.5) is 0 Å². The standard InChI is InChI=1S/C12H17N3O7/c1-21-12(20)7-4(2-6(13)17)14-15-8(7)11-10(19)9(18)5(3-16)22-11/h5,9-11,16,18-19H,2-3H2,1H3,(H2,13,17)(H,14,15)/t5-,9-,10-,11+/m1/s1. The zero-order valence-corrected chi connectivity index (χ0v) is 11.7. The van der Waals surface area contributed by atoms with Gasteiger partial charge in [-0.25, -0.2) is 4.79 Å². The number of H-pyrrole nitrogens is 1. The molecule has 6 N–H and O–H groups in total. The molecular weight excluding hydrogens is 298 g/mol. The molecule has 1 fully saturated rings. The van der Waals surface area contributed by atoms with Crippen molar-refractivity contribution >= 4 is 11.9 Å². The molecule has 0 saturated carbocycles. The first-order valence-corrected chi connectivity index (χ1v) is 6.46. The van der Waals surface area contributed by atoms with E-state index in [2.05, 4.69) is 14.9 Å². The van der Waals surface area contributed by atoms with Crippen LogP contribution in [0, 0.1) is 0 Å². The highest BCUT2D eigenvalue weighted by Crippen LogP contribution is 2.35. The van der Waals surface area contributed by atoms with E-state index in [1.165, 1.54) is 0 Å². The predicted octanol–water partition coefficient (Wildman–Crippen LogP) is -2.62. The fraction of sp³-hybridized carbons (Fsp3) is 0.583. The topological polar surface area (TPSA) is 168 Å². The number of carbonyl (C=O) groups excluding carboxylic acids is 2. The van der Waals surface area contributed by atoms with E-state index in [0.29, 0.717) is 0 Å². The minimum Gasteiger partial charge on any atom is -0.465 e. The van der Waals surface area contributed by atoms with Gasteiger partial charge >= 0.3 is 5.97 Å². The molecule has 2 heterocycles. The van der Waals surface area contributed by atoms with E-state index in [-0.39, 0.29) is 23.4 Å². The molecule has 0 radical (unpaired) electrons. The highest BCUT2D eigenvalue weighted by Gasteiger charge is 2.46. The number of aliphatic hydroxyl groups is 3. The Kier molecular flexibility index (Phi) is 4.76. The van der Waals surface area contributed by atoms with E-state index in [4.69, 9.17) is 15.6 Å². The number of methoxy groups -OCH3 is 1. The smallest absolute Gasteiger partial charge is 0.341 e. The van der Waals surface area contributed by atoms with Crippen LogP contribution in [0.25, 0.3) is 0 Å². The summed E-state index contributed by atoms with van der Waals surface area (Å²) in [5.41, 5.74) is 5.11. The van der Waals surface area contributed by atoms with Crippen LogP contribution in [-0.4, -0.2) is 69.4 Å². The second-order valence-electron chi connectivity index (χ2n) is 4.86. The zero-order valence-electron chi connectivity index (χ0n) is 11.7. The number of nitrogens with two attached hydrogens (primary N) is 1. The van der Waals surface area contributed by atoms with Crippen LogP contribution in [0.1, 0.15) is 27.8 Å². The first kappa shape index (κ1) is 16.4. The molecule has 0 bridgehead atoms. The van der Waals surface area contributed by atoms with Crippen molar-refractivity contribution in [2.45, 2.75) is 30.8 Å². The lowest BCUT2D eigenvalue weighted by molar-refractivity contribution is -0.117. The average Bonchev–Trinajstić information content (AvgIpc) is 3.00. The van der Waals surface area contributed by atoms with Crippen LogP contribution >= 0.6 is 0 Å². The number of primary amides is 1. The summed E-state index contributed by atoms with van der Waals surface area (Å²) in [6.07, 6.45) is -5.19. The summed E-state index contributed by atoms with van der Waals surface area (Å²) >= 11 is 0. The molecular formula is C12H17N3O7. The van der Waals surface area contributed by atoms with Gasteiger partial charge in [0.25, 0.3) is 0 Å². The van der Waals surface area contributed by atoms with Crippen molar-refractivity contribution in [3.63, 3.8) is 0 Å². The molecule has 0 aromatic carbocycles. The number of aromatic amines is 1.